The van der Waals surface area contributed by atoms with Gasteiger partial charge >= 0.3 is 5.97 Å². The van der Waals surface area contributed by atoms with E-state index in [-0.39, 0.29) is 5.97 Å². The molecule has 0 aliphatic carbocycles. The summed E-state index contributed by atoms with van der Waals surface area (Å²) in [4.78, 5) is 11.4. The molecular weight excluding hydrogens is 204 g/mol. The third kappa shape index (κ3) is 3.35. The highest BCUT2D eigenvalue weighted by Crippen LogP contribution is 2.15. The van der Waals surface area contributed by atoms with E-state index >= 15 is 0 Å². The lowest BCUT2D eigenvalue weighted by molar-refractivity contribution is -0.166. The molecule has 0 radical (unpaired) electrons. The zero-order chi connectivity index (χ0) is 12.2. The summed E-state index contributed by atoms with van der Waals surface area (Å²) in [5.74, 6) is -0.361. The summed E-state index contributed by atoms with van der Waals surface area (Å²) in [5, 5.41) is 0. The molecule has 0 aliphatic heterocycles. The summed E-state index contributed by atoms with van der Waals surface area (Å²) >= 11 is 0. The summed E-state index contributed by atoms with van der Waals surface area (Å²) in [5.41, 5.74) is 1.35. The highest BCUT2D eigenvalue weighted by molar-refractivity contribution is 5.78. The van der Waals surface area contributed by atoms with Crippen LogP contribution in [0.15, 0.2) is 24.3 Å². The second kappa shape index (κ2) is 5.12. The van der Waals surface area contributed by atoms with Gasteiger partial charge in [-0.1, -0.05) is 29.8 Å². The Morgan fingerprint density at radius 2 is 1.81 bits per heavy atom. The van der Waals surface area contributed by atoms with Crippen LogP contribution in [-0.4, -0.2) is 18.7 Å². The Morgan fingerprint density at radius 1 is 1.25 bits per heavy atom. The van der Waals surface area contributed by atoms with E-state index in [2.05, 4.69) is 4.74 Å². The number of hydrogen-bond acceptors (Lipinski definition) is 3. The van der Waals surface area contributed by atoms with Gasteiger partial charge in [-0.25, -0.2) is 4.79 Å². The minimum Gasteiger partial charge on any atom is -0.467 e. The predicted molar refractivity (Wildman–Crippen MR) is 62.1 cm³/mol. The molecule has 0 aromatic heterocycles. The van der Waals surface area contributed by atoms with E-state index in [9.17, 15) is 4.79 Å². The lowest BCUT2D eigenvalue weighted by Crippen LogP contribution is -2.35. The maximum atomic E-state index is 11.4. The summed E-state index contributed by atoms with van der Waals surface area (Å²) in [6, 6.07) is 8.01. The molecule has 0 aliphatic rings. The Balaban J connectivity index is 2.57. The third-order valence-electron chi connectivity index (χ3n) is 2.40. The van der Waals surface area contributed by atoms with E-state index < -0.39 is 5.60 Å². The van der Waals surface area contributed by atoms with Crippen LogP contribution in [0.1, 0.15) is 25.0 Å². The lowest BCUT2D eigenvalue weighted by atomic mass is 10.1. The fourth-order valence-corrected chi connectivity index (χ4v) is 1.25. The molecule has 0 N–H and O–H groups in total. The van der Waals surface area contributed by atoms with Gasteiger partial charge in [-0.05, 0) is 26.3 Å². The van der Waals surface area contributed by atoms with Crippen LogP contribution in [0.4, 0.5) is 0 Å². The van der Waals surface area contributed by atoms with Gasteiger partial charge in [0.15, 0.2) is 5.60 Å². The Morgan fingerprint density at radius 3 is 2.31 bits per heavy atom. The Bertz CT molecular complexity index is 352. The van der Waals surface area contributed by atoms with Crippen LogP contribution >= 0.6 is 0 Å². The molecule has 1 aromatic carbocycles. The zero-order valence-corrected chi connectivity index (χ0v) is 10.2. The quantitative estimate of drug-likeness (QED) is 0.734. The van der Waals surface area contributed by atoms with Gasteiger partial charge in [0, 0.05) is 0 Å². The number of carbonyl (C=O) groups is 1. The second-order valence-electron chi connectivity index (χ2n) is 4.28. The van der Waals surface area contributed by atoms with Crippen molar-refractivity contribution in [3.05, 3.63) is 35.4 Å². The standard InChI is InChI=1S/C13H18O3/c1-10-5-7-11(8-6-10)9-16-13(2,3)12(14)15-4/h5-8H,9H2,1-4H3. The second-order valence-corrected chi connectivity index (χ2v) is 4.28. The smallest absolute Gasteiger partial charge is 0.337 e. The largest absolute Gasteiger partial charge is 0.467 e. The van der Waals surface area contributed by atoms with Crippen LogP contribution in [-0.2, 0) is 20.9 Å². The van der Waals surface area contributed by atoms with Crippen LogP contribution in [0, 0.1) is 6.92 Å². The van der Waals surface area contributed by atoms with Crippen molar-refractivity contribution in [3.63, 3.8) is 0 Å². The summed E-state index contributed by atoms with van der Waals surface area (Å²) in [6.07, 6.45) is 0. The van der Waals surface area contributed by atoms with Crippen molar-refractivity contribution in [3.8, 4) is 0 Å². The number of benzene rings is 1. The van der Waals surface area contributed by atoms with Gasteiger partial charge in [0.25, 0.3) is 0 Å². The molecule has 88 valence electrons. The van der Waals surface area contributed by atoms with Gasteiger partial charge in [-0.15, -0.1) is 0 Å². The van der Waals surface area contributed by atoms with Crippen molar-refractivity contribution in [1.82, 2.24) is 0 Å². The molecule has 0 heterocycles. The van der Waals surface area contributed by atoms with Crippen LogP contribution < -0.4 is 0 Å². The van der Waals surface area contributed by atoms with Gasteiger partial charge < -0.3 is 9.47 Å². The molecule has 0 saturated heterocycles. The van der Waals surface area contributed by atoms with Crippen molar-refractivity contribution < 1.29 is 14.3 Å². The molecule has 3 nitrogen and oxygen atoms in total. The van der Waals surface area contributed by atoms with Gasteiger partial charge in [0.2, 0.25) is 0 Å². The maximum Gasteiger partial charge on any atom is 0.337 e. The topological polar surface area (TPSA) is 35.5 Å². The zero-order valence-electron chi connectivity index (χ0n) is 10.2. The highest BCUT2D eigenvalue weighted by atomic mass is 16.6. The van der Waals surface area contributed by atoms with Crippen LogP contribution in [0.2, 0.25) is 0 Å². The van der Waals surface area contributed by atoms with E-state index in [1.165, 1.54) is 12.7 Å². The van der Waals surface area contributed by atoms with E-state index in [1.807, 2.05) is 31.2 Å². The number of ether oxygens (including phenoxy) is 2. The molecular formula is C13H18O3. The molecule has 3 heteroatoms. The summed E-state index contributed by atoms with van der Waals surface area (Å²) in [7, 11) is 1.36. The Labute approximate surface area is 96.4 Å². The van der Waals surface area contributed by atoms with Gasteiger partial charge in [-0.2, -0.15) is 0 Å². The molecule has 0 spiro atoms. The SMILES string of the molecule is COC(=O)C(C)(C)OCc1ccc(C)cc1. The fraction of sp³-hybridized carbons (Fsp3) is 0.462. The molecule has 1 rings (SSSR count). The minimum absolute atomic E-state index is 0.361. The first-order chi connectivity index (χ1) is 7.45. The fourth-order valence-electron chi connectivity index (χ4n) is 1.25. The van der Waals surface area contributed by atoms with Gasteiger partial charge in [-0.3, -0.25) is 0 Å². The molecule has 1 aromatic rings. The average Bonchev–Trinajstić information content (AvgIpc) is 2.27. The van der Waals surface area contributed by atoms with Gasteiger partial charge in [0.05, 0.1) is 13.7 Å². The lowest BCUT2D eigenvalue weighted by Gasteiger charge is -2.22. The van der Waals surface area contributed by atoms with Gasteiger partial charge in [0.1, 0.15) is 0 Å². The normalized spacial score (nSPS) is 11.2. The molecule has 16 heavy (non-hydrogen) atoms. The van der Waals surface area contributed by atoms with Crippen molar-refractivity contribution in [1.29, 1.82) is 0 Å². The molecule has 0 bridgehead atoms. The van der Waals surface area contributed by atoms with E-state index in [0.29, 0.717) is 6.61 Å². The molecule has 0 saturated carbocycles. The minimum atomic E-state index is -0.903. The first-order valence-electron chi connectivity index (χ1n) is 5.23. The number of methoxy groups -OCH3 is 1. The maximum absolute atomic E-state index is 11.4. The molecule has 0 amide bonds. The summed E-state index contributed by atoms with van der Waals surface area (Å²) < 4.78 is 10.2. The van der Waals surface area contributed by atoms with Crippen LogP contribution in [0.3, 0.4) is 0 Å². The Kier molecular flexibility index (Phi) is 4.07. The first-order valence-corrected chi connectivity index (χ1v) is 5.23. The molecule has 0 unspecified atom stereocenters. The van der Waals surface area contributed by atoms with Crippen molar-refractivity contribution >= 4 is 5.97 Å². The predicted octanol–water partition coefficient (Wildman–Crippen LogP) is 2.46. The van der Waals surface area contributed by atoms with Crippen molar-refractivity contribution in [2.75, 3.05) is 7.11 Å². The summed E-state index contributed by atoms with van der Waals surface area (Å²) in [6.45, 7) is 5.84. The first kappa shape index (κ1) is 12.7. The number of rotatable bonds is 4. The third-order valence-corrected chi connectivity index (χ3v) is 2.40. The van der Waals surface area contributed by atoms with Crippen molar-refractivity contribution in [2.45, 2.75) is 33.0 Å². The highest BCUT2D eigenvalue weighted by Gasteiger charge is 2.29. The average molecular weight is 222 g/mol. The number of carbonyl (C=O) groups excluding carboxylic acids is 1. The monoisotopic (exact) mass is 222 g/mol. The number of hydrogen-bond donors (Lipinski definition) is 0. The Hall–Kier alpha value is -1.35. The van der Waals surface area contributed by atoms with E-state index in [1.54, 1.807) is 13.8 Å². The molecule has 0 atom stereocenters. The van der Waals surface area contributed by atoms with E-state index in [0.717, 1.165) is 5.56 Å². The van der Waals surface area contributed by atoms with E-state index in [4.69, 9.17) is 4.74 Å². The van der Waals surface area contributed by atoms with Crippen LogP contribution in [0.25, 0.3) is 0 Å². The molecule has 0 fully saturated rings. The number of esters is 1. The van der Waals surface area contributed by atoms with Crippen molar-refractivity contribution in [2.24, 2.45) is 0 Å². The number of aryl methyl sites for hydroxylation is 1. The van der Waals surface area contributed by atoms with Crippen LogP contribution in [0.5, 0.6) is 0 Å².